The number of amides is 3. The number of para-hydroxylation sites is 1. The molecule has 0 unspecified atom stereocenters. The fourth-order valence-electron chi connectivity index (χ4n) is 3.41. The Hall–Kier alpha value is -3.09. The van der Waals surface area contributed by atoms with Crippen LogP contribution in [0, 0.1) is 9.39 Å². The maximum atomic E-state index is 14.0. The summed E-state index contributed by atoms with van der Waals surface area (Å²) in [6, 6.07) is 16.4. The van der Waals surface area contributed by atoms with Gasteiger partial charge in [0.1, 0.15) is 19.0 Å². The molecule has 0 aliphatic carbocycles. The minimum Gasteiger partial charge on any atom is -0.493 e. The van der Waals surface area contributed by atoms with E-state index in [2.05, 4.69) is 27.9 Å². The molecule has 0 spiro atoms. The summed E-state index contributed by atoms with van der Waals surface area (Å²) >= 11 is 8.84. The molecule has 0 saturated carbocycles. The Morgan fingerprint density at radius 1 is 1.16 bits per heavy atom. The first kappa shape index (κ1) is 27.0. The molecule has 190 valence electrons. The van der Waals surface area contributed by atoms with Crippen molar-refractivity contribution in [3.8, 4) is 11.5 Å². The van der Waals surface area contributed by atoms with Gasteiger partial charge in [0.2, 0.25) is 5.91 Å². The third kappa shape index (κ3) is 6.43. The van der Waals surface area contributed by atoms with E-state index in [1.807, 2.05) is 0 Å². The summed E-state index contributed by atoms with van der Waals surface area (Å²) in [5.74, 6) is -0.701. The van der Waals surface area contributed by atoms with E-state index in [0.29, 0.717) is 36.9 Å². The highest BCUT2D eigenvalue weighted by molar-refractivity contribution is 14.1. The molecule has 3 aromatic carbocycles. The zero-order valence-corrected chi connectivity index (χ0v) is 23.0. The molecule has 1 N–H and O–H groups in total. The number of rotatable bonds is 8. The van der Waals surface area contributed by atoms with Crippen molar-refractivity contribution in [2.45, 2.75) is 6.61 Å². The topological polar surface area (TPSA) is 84.9 Å². The number of benzene rings is 3. The van der Waals surface area contributed by atoms with Crippen molar-refractivity contribution in [1.82, 2.24) is 4.90 Å². The number of methoxy groups -OCH3 is 1. The standard InChI is InChI=1S/C26H19ClFIN2O5S/c1-35-21-11-15(10-19(29)24(21)36-14-16-6-2-4-8-18(16)28)12-22-25(33)31(26(34)37-22)13-23(32)30-20-9-5-3-7-17(20)27/h2-12H,13-14H2,1H3,(H,30,32)/b22-12+. The average Bonchev–Trinajstić information content (AvgIpc) is 3.12. The molecular formula is C26H19ClFIN2O5S. The third-order valence-electron chi connectivity index (χ3n) is 5.20. The molecule has 1 saturated heterocycles. The van der Waals surface area contributed by atoms with E-state index >= 15 is 0 Å². The van der Waals surface area contributed by atoms with Crippen LogP contribution in [0.1, 0.15) is 11.1 Å². The Morgan fingerprint density at radius 3 is 2.62 bits per heavy atom. The number of hydrogen-bond donors (Lipinski definition) is 1. The van der Waals surface area contributed by atoms with E-state index in [-0.39, 0.29) is 17.3 Å². The molecule has 0 aromatic heterocycles. The van der Waals surface area contributed by atoms with E-state index in [1.54, 1.807) is 60.7 Å². The molecule has 11 heteroatoms. The van der Waals surface area contributed by atoms with Crippen molar-refractivity contribution in [3.63, 3.8) is 0 Å². The van der Waals surface area contributed by atoms with Gasteiger partial charge in [-0.3, -0.25) is 19.3 Å². The van der Waals surface area contributed by atoms with Gasteiger partial charge in [-0.05, 0) is 76.3 Å². The SMILES string of the molecule is COc1cc(/C=C2/SC(=O)N(CC(=O)Nc3ccccc3Cl)C2=O)cc(I)c1OCc1ccccc1F. The van der Waals surface area contributed by atoms with Crippen molar-refractivity contribution < 1.29 is 28.2 Å². The lowest BCUT2D eigenvalue weighted by molar-refractivity contribution is -0.127. The summed E-state index contributed by atoms with van der Waals surface area (Å²) < 4.78 is 25.9. The van der Waals surface area contributed by atoms with E-state index in [9.17, 15) is 18.8 Å². The lowest BCUT2D eigenvalue weighted by Crippen LogP contribution is -2.36. The molecule has 0 bridgehead atoms. The molecular weight excluding hydrogens is 634 g/mol. The number of thioether (sulfide) groups is 1. The van der Waals surface area contributed by atoms with Gasteiger partial charge in [-0.1, -0.05) is 41.9 Å². The van der Waals surface area contributed by atoms with E-state index in [0.717, 1.165) is 16.7 Å². The van der Waals surface area contributed by atoms with Crippen LogP contribution in [0.2, 0.25) is 5.02 Å². The molecule has 3 aromatic rings. The van der Waals surface area contributed by atoms with Crippen molar-refractivity contribution in [1.29, 1.82) is 0 Å². The van der Waals surface area contributed by atoms with Gasteiger partial charge in [-0.25, -0.2) is 4.39 Å². The number of imide groups is 1. The first-order chi connectivity index (χ1) is 17.8. The van der Waals surface area contributed by atoms with Crippen LogP contribution >= 0.6 is 46.0 Å². The van der Waals surface area contributed by atoms with Crippen molar-refractivity contribution >= 4 is 74.8 Å². The van der Waals surface area contributed by atoms with Crippen LogP contribution in [-0.4, -0.2) is 35.6 Å². The lowest BCUT2D eigenvalue weighted by atomic mass is 10.1. The van der Waals surface area contributed by atoms with Gasteiger partial charge >= 0.3 is 0 Å². The molecule has 1 heterocycles. The lowest BCUT2D eigenvalue weighted by Gasteiger charge is -2.14. The van der Waals surface area contributed by atoms with Gasteiger partial charge in [0.25, 0.3) is 11.1 Å². The highest BCUT2D eigenvalue weighted by Gasteiger charge is 2.36. The molecule has 1 fully saturated rings. The van der Waals surface area contributed by atoms with Crippen LogP contribution < -0.4 is 14.8 Å². The average molecular weight is 653 g/mol. The molecule has 0 atom stereocenters. The van der Waals surface area contributed by atoms with E-state index < -0.39 is 23.6 Å². The minimum atomic E-state index is -0.585. The molecule has 37 heavy (non-hydrogen) atoms. The van der Waals surface area contributed by atoms with Gasteiger partial charge in [0.05, 0.1) is 26.3 Å². The molecule has 0 radical (unpaired) electrons. The quantitative estimate of drug-likeness (QED) is 0.226. The van der Waals surface area contributed by atoms with Crippen LogP contribution in [0.4, 0.5) is 14.9 Å². The van der Waals surface area contributed by atoms with Crippen LogP contribution in [0.5, 0.6) is 11.5 Å². The predicted molar refractivity (Wildman–Crippen MR) is 149 cm³/mol. The summed E-state index contributed by atoms with van der Waals surface area (Å²) in [6.07, 6.45) is 1.54. The van der Waals surface area contributed by atoms with Crippen LogP contribution in [-0.2, 0) is 16.2 Å². The minimum absolute atomic E-state index is 0.00747. The number of carbonyl (C=O) groups is 3. The van der Waals surface area contributed by atoms with Gasteiger partial charge < -0.3 is 14.8 Å². The molecule has 3 amide bonds. The monoisotopic (exact) mass is 652 g/mol. The van der Waals surface area contributed by atoms with Crippen LogP contribution in [0.25, 0.3) is 6.08 Å². The zero-order valence-electron chi connectivity index (χ0n) is 19.3. The maximum Gasteiger partial charge on any atom is 0.294 e. The Kier molecular flexibility index (Phi) is 8.72. The van der Waals surface area contributed by atoms with Gasteiger partial charge in [0.15, 0.2) is 11.5 Å². The van der Waals surface area contributed by atoms with Crippen molar-refractivity contribution in [2.24, 2.45) is 0 Å². The fourth-order valence-corrected chi connectivity index (χ4v) is 5.21. The Morgan fingerprint density at radius 2 is 1.89 bits per heavy atom. The van der Waals surface area contributed by atoms with Gasteiger partial charge in [0, 0.05) is 5.56 Å². The van der Waals surface area contributed by atoms with Crippen LogP contribution in [0.3, 0.4) is 0 Å². The van der Waals surface area contributed by atoms with Gasteiger partial charge in [-0.2, -0.15) is 0 Å². The highest BCUT2D eigenvalue weighted by Crippen LogP contribution is 2.37. The molecule has 7 nitrogen and oxygen atoms in total. The fraction of sp³-hybridized carbons (Fsp3) is 0.115. The number of anilines is 1. The van der Waals surface area contributed by atoms with E-state index in [1.165, 1.54) is 13.2 Å². The van der Waals surface area contributed by atoms with Crippen LogP contribution in [0.15, 0.2) is 65.6 Å². The molecule has 4 rings (SSSR count). The second-order valence-electron chi connectivity index (χ2n) is 7.71. The maximum absolute atomic E-state index is 14.0. The van der Waals surface area contributed by atoms with Gasteiger partial charge in [-0.15, -0.1) is 0 Å². The first-order valence-electron chi connectivity index (χ1n) is 10.8. The third-order valence-corrected chi connectivity index (χ3v) is 7.24. The zero-order chi connectivity index (χ0) is 26.5. The smallest absolute Gasteiger partial charge is 0.294 e. The summed E-state index contributed by atoms with van der Waals surface area (Å²) in [7, 11) is 1.47. The number of nitrogens with zero attached hydrogens (tertiary/aromatic N) is 1. The number of nitrogens with one attached hydrogen (secondary N) is 1. The first-order valence-corrected chi connectivity index (χ1v) is 13.1. The number of ether oxygens (including phenoxy) is 2. The number of carbonyl (C=O) groups excluding carboxylic acids is 3. The highest BCUT2D eigenvalue weighted by atomic mass is 127. The van der Waals surface area contributed by atoms with E-state index in [4.69, 9.17) is 21.1 Å². The predicted octanol–water partition coefficient (Wildman–Crippen LogP) is 6.35. The van der Waals surface area contributed by atoms with Crippen molar-refractivity contribution in [2.75, 3.05) is 19.0 Å². The number of hydrogen-bond acceptors (Lipinski definition) is 6. The summed E-state index contributed by atoms with van der Waals surface area (Å²) in [4.78, 5) is 38.8. The largest absolute Gasteiger partial charge is 0.493 e. The molecule has 1 aliphatic rings. The Labute approximate surface area is 235 Å². The summed E-state index contributed by atoms with van der Waals surface area (Å²) in [5.41, 5.74) is 1.37. The Balaban J connectivity index is 1.48. The molecule has 1 aliphatic heterocycles. The normalized spacial score (nSPS) is 14.3. The summed E-state index contributed by atoms with van der Waals surface area (Å²) in [5, 5.41) is 2.38. The second kappa shape index (κ2) is 12.0. The Bertz CT molecular complexity index is 1420. The second-order valence-corrected chi connectivity index (χ2v) is 10.3. The van der Waals surface area contributed by atoms with Crippen molar-refractivity contribution in [3.05, 3.63) is 91.1 Å². The number of halogens is 3. The summed E-state index contributed by atoms with van der Waals surface area (Å²) in [6.45, 7) is -0.440.